The maximum atomic E-state index is 6.25. The minimum atomic E-state index is 0.613. The van der Waals surface area contributed by atoms with Gasteiger partial charge in [-0.3, -0.25) is 0 Å². The van der Waals surface area contributed by atoms with Crippen LogP contribution in [-0.4, -0.2) is 26.3 Å². The number of hydrogen-bond acceptors (Lipinski definition) is 4. The molecule has 23 heavy (non-hydrogen) atoms. The molecule has 3 rings (SSSR count). The summed E-state index contributed by atoms with van der Waals surface area (Å²) in [6.45, 7) is 7.44. The van der Waals surface area contributed by atoms with E-state index < -0.39 is 0 Å². The van der Waals surface area contributed by atoms with Crippen molar-refractivity contribution in [3.05, 3.63) is 47.5 Å². The average Bonchev–Trinajstić information content (AvgIpc) is 2.57. The van der Waals surface area contributed by atoms with Crippen molar-refractivity contribution in [1.29, 1.82) is 0 Å². The summed E-state index contributed by atoms with van der Waals surface area (Å²) in [7, 11) is 0. The highest BCUT2D eigenvalue weighted by Gasteiger charge is 2.12. The fourth-order valence-electron chi connectivity index (χ4n) is 3.00. The number of hydrogen-bond donors (Lipinski definition) is 1. The third-order valence-electron chi connectivity index (χ3n) is 4.21. The van der Waals surface area contributed by atoms with Crippen LogP contribution in [0.15, 0.2) is 36.4 Å². The lowest BCUT2D eigenvalue weighted by Gasteiger charge is -2.23. The molecule has 0 atom stereocenters. The highest BCUT2D eigenvalue weighted by Crippen LogP contribution is 2.32. The van der Waals surface area contributed by atoms with Crippen molar-refractivity contribution in [2.45, 2.75) is 20.3 Å². The fourth-order valence-corrected chi connectivity index (χ4v) is 3.00. The van der Waals surface area contributed by atoms with Crippen molar-refractivity contribution in [3.8, 4) is 11.5 Å². The molecule has 0 aromatic heterocycles. The molecule has 0 saturated heterocycles. The Bertz CT molecular complexity index is 681. The predicted octanol–water partition coefficient (Wildman–Crippen LogP) is 3.48. The van der Waals surface area contributed by atoms with Crippen LogP contribution in [-0.2, 0) is 6.42 Å². The van der Waals surface area contributed by atoms with Gasteiger partial charge in [-0.05, 0) is 55.7 Å². The van der Waals surface area contributed by atoms with Crippen molar-refractivity contribution in [2.24, 2.45) is 0 Å². The van der Waals surface area contributed by atoms with Crippen LogP contribution < -0.4 is 20.1 Å². The molecule has 0 saturated carbocycles. The zero-order valence-corrected chi connectivity index (χ0v) is 13.8. The number of nitrogen functional groups attached to an aromatic ring is 1. The summed E-state index contributed by atoms with van der Waals surface area (Å²) >= 11 is 0. The van der Waals surface area contributed by atoms with E-state index in [1.54, 1.807) is 0 Å². The Balaban J connectivity index is 1.79. The van der Waals surface area contributed by atoms with Crippen LogP contribution in [0.4, 0.5) is 11.4 Å². The van der Waals surface area contributed by atoms with E-state index in [-0.39, 0.29) is 0 Å². The lowest BCUT2D eigenvalue weighted by atomic mass is 10.0. The van der Waals surface area contributed by atoms with E-state index in [4.69, 9.17) is 15.2 Å². The molecule has 2 N–H and O–H groups in total. The zero-order valence-electron chi connectivity index (χ0n) is 13.8. The van der Waals surface area contributed by atoms with Crippen LogP contribution >= 0.6 is 0 Å². The van der Waals surface area contributed by atoms with Crippen LogP contribution in [0, 0.1) is 0 Å². The lowest BCUT2D eigenvalue weighted by Crippen LogP contribution is -2.22. The van der Waals surface area contributed by atoms with Gasteiger partial charge in [-0.15, -0.1) is 0 Å². The maximum absolute atomic E-state index is 6.25. The Morgan fingerprint density at radius 2 is 1.57 bits per heavy atom. The Morgan fingerprint density at radius 1 is 0.913 bits per heavy atom. The Labute approximate surface area is 137 Å². The van der Waals surface area contributed by atoms with E-state index in [0.29, 0.717) is 13.2 Å². The Hall–Kier alpha value is -2.36. The highest BCUT2D eigenvalue weighted by molar-refractivity contribution is 5.68. The van der Waals surface area contributed by atoms with Gasteiger partial charge in [0, 0.05) is 13.1 Å². The summed E-state index contributed by atoms with van der Waals surface area (Å²) in [6, 6.07) is 12.5. The van der Waals surface area contributed by atoms with E-state index in [1.807, 2.05) is 6.07 Å². The largest absolute Gasteiger partial charge is 0.486 e. The van der Waals surface area contributed by atoms with Crippen LogP contribution in [0.25, 0.3) is 0 Å². The molecule has 4 nitrogen and oxygen atoms in total. The van der Waals surface area contributed by atoms with Gasteiger partial charge in [0.1, 0.15) is 13.2 Å². The summed E-state index contributed by atoms with van der Waals surface area (Å²) in [5.41, 5.74) is 10.6. The van der Waals surface area contributed by atoms with E-state index in [1.165, 1.54) is 11.1 Å². The van der Waals surface area contributed by atoms with Gasteiger partial charge in [-0.1, -0.05) is 12.1 Å². The number of nitrogens with two attached hydrogens (primary N) is 1. The second kappa shape index (κ2) is 6.82. The van der Waals surface area contributed by atoms with E-state index in [0.717, 1.165) is 42.4 Å². The number of nitrogens with zero attached hydrogens (tertiary/aromatic N) is 1. The van der Waals surface area contributed by atoms with Gasteiger partial charge in [0.05, 0.1) is 11.4 Å². The third-order valence-corrected chi connectivity index (χ3v) is 4.21. The van der Waals surface area contributed by atoms with Gasteiger partial charge in [0.2, 0.25) is 0 Å². The van der Waals surface area contributed by atoms with Gasteiger partial charge in [0.15, 0.2) is 11.5 Å². The number of benzene rings is 2. The number of ether oxygens (including phenoxy) is 2. The van der Waals surface area contributed by atoms with Crippen molar-refractivity contribution in [3.63, 3.8) is 0 Å². The van der Waals surface area contributed by atoms with Gasteiger partial charge < -0.3 is 20.1 Å². The maximum Gasteiger partial charge on any atom is 0.161 e. The normalized spacial score (nSPS) is 13.0. The molecule has 2 aromatic carbocycles. The first-order chi connectivity index (χ1) is 11.2. The van der Waals surface area contributed by atoms with Gasteiger partial charge >= 0.3 is 0 Å². The summed E-state index contributed by atoms with van der Waals surface area (Å²) in [6.07, 6.45) is 0.833. The third kappa shape index (κ3) is 3.36. The topological polar surface area (TPSA) is 47.7 Å². The average molecular weight is 312 g/mol. The van der Waals surface area contributed by atoms with Gasteiger partial charge in [-0.2, -0.15) is 0 Å². The standard InChI is InChI=1S/C19H24N2O2/c1-3-21(4-2)17-7-5-14(12-16(17)20)11-15-6-8-18-19(13-15)23-10-9-22-18/h5-8,12-13H,3-4,9-11,20H2,1-2H3. The van der Waals surface area contributed by atoms with E-state index in [9.17, 15) is 0 Å². The first-order valence-corrected chi connectivity index (χ1v) is 8.23. The Kier molecular flexibility index (Phi) is 4.60. The number of anilines is 2. The van der Waals surface area contributed by atoms with Crippen LogP contribution in [0.2, 0.25) is 0 Å². The monoisotopic (exact) mass is 312 g/mol. The molecule has 0 fully saturated rings. The minimum Gasteiger partial charge on any atom is -0.486 e. The smallest absolute Gasteiger partial charge is 0.161 e. The highest BCUT2D eigenvalue weighted by atomic mass is 16.6. The fraction of sp³-hybridized carbons (Fsp3) is 0.368. The van der Waals surface area contributed by atoms with Crippen molar-refractivity contribution in [1.82, 2.24) is 0 Å². The first kappa shape index (κ1) is 15.5. The minimum absolute atomic E-state index is 0.613. The summed E-state index contributed by atoms with van der Waals surface area (Å²) in [5, 5.41) is 0. The SMILES string of the molecule is CCN(CC)c1ccc(Cc2ccc3c(c2)OCCO3)cc1N. The quantitative estimate of drug-likeness (QED) is 0.859. The molecule has 0 aliphatic carbocycles. The molecule has 2 aromatic rings. The zero-order chi connectivity index (χ0) is 16.2. The van der Waals surface area contributed by atoms with Crippen molar-refractivity contribution in [2.75, 3.05) is 36.9 Å². The van der Waals surface area contributed by atoms with Gasteiger partial charge in [0.25, 0.3) is 0 Å². The summed E-state index contributed by atoms with van der Waals surface area (Å²) in [4.78, 5) is 2.27. The first-order valence-electron chi connectivity index (χ1n) is 8.23. The molecule has 1 heterocycles. The molecular weight excluding hydrogens is 288 g/mol. The van der Waals surface area contributed by atoms with Crippen molar-refractivity contribution < 1.29 is 9.47 Å². The van der Waals surface area contributed by atoms with Crippen LogP contribution in [0.3, 0.4) is 0 Å². The Morgan fingerprint density at radius 3 is 2.26 bits per heavy atom. The van der Waals surface area contributed by atoms with E-state index >= 15 is 0 Å². The lowest BCUT2D eigenvalue weighted by molar-refractivity contribution is 0.171. The molecular formula is C19H24N2O2. The van der Waals surface area contributed by atoms with Crippen LogP contribution in [0.1, 0.15) is 25.0 Å². The number of rotatable bonds is 5. The molecule has 122 valence electrons. The molecule has 4 heteroatoms. The molecule has 1 aliphatic rings. The molecule has 0 spiro atoms. The number of fused-ring (bicyclic) bond motifs is 1. The van der Waals surface area contributed by atoms with Gasteiger partial charge in [-0.25, -0.2) is 0 Å². The summed E-state index contributed by atoms with van der Waals surface area (Å²) in [5.74, 6) is 1.66. The molecule has 0 bridgehead atoms. The predicted molar refractivity (Wildman–Crippen MR) is 94.7 cm³/mol. The molecule has 0 unspecified atom stereocenters. The van der Waals surface area contributed by atoms with Crippen LogP contribution in [0.5, 0.6) is 11.5 Å². The second-order valence-electron chi connectivity index (χ2n) is 5.72. The summed E-state index contributed by atoms with van der Waals surface area (Å²) < 4.78 is 11.2. The second-order valence-corrected chi connectivity index (χ2v) is 5.72. The molecule has 1 aliphatic heterocycles. The molecule has 0 amide bonds. The molecule has 0 radical (unpaired) electrons. The van der Waals surface area contributed by atoms with E-state index in [2.05, 4.69) is 49.1 Å². The van der Waals surface area contributed by atoms with Crippen molar-refractivity contribution >= 4 is 11.4 Å².